The Morgan fingerprint density at radius 1 is 0.390 bits per heavy atom. The molecule has 0 bridgehead atoms. The van der Waals surface area contributed by atoms with Gasteiger partial charge in [0.15, 0.2) is 0 Å². The number of hydrogen-bond acceptors (Lipinski definition) is 19. The average molecular weight is 632 g/mol. The van der Waals surface area contributed by atoms with Crippen molar-refractivity contribution >= 4 is 0 Å². The van der Waals surface area contributed by atoms with E-state index in [9.17, 15) is 0 Å². The van der Waals surface area contributed by atoms with Gasteiger partial charge in [-0.25, -0.2) is 0 Å². The molecular formula is C10H28N6O25. The van der Waals surface area contributed by atoms with E-state index in [-0.39, 0.29) is 13.2 Å². The summed E-state index contributed by atoms with van der Waals surface area (Å²) >= 11 is 0. The summed E-state index contributed by atoms with van der Waals surface area (Å²) in [6.07, 6.45) is 0. The Hall–Kier alpha value is -5.08. The topological polar surface area (TPSA) is 511 Å². The monoisotopic (exact) mass is 632 g/mol. The first-order valence-electron chi connectivity index (χ1n) is 8.69. The molecule has 0 saturated heterocycles. The first-order valence-corrected chi connectivity index (χ1v) is 8.69. The molecule has 0 fully saturated rings. The van der Waals surface area contributed by atoms with Crippen molar-refractivity contribution in [2.24, 2.45) is 10.8 Å². The van der Waals surface area contributed by atoms with Crippen LogP contribution in [0.25, 0.3) is 0 Å². The molecule has 0 aliphatic heterocycles. The van der Waals surface area contributed by atoms with Crippen molar-refractivity contribution in [1.82, 2.24) is 0 Å². The number of rotatable bonds is 10. The highest BCUT2D eigenvalue weighted by Crippen LogP contribution is 2.19. The SMILES string of the molecule is O=[N+]([O-])O.O=[N+]([O-])O.O=[N+]([O-])O.O=[N+]([O-])O.O=[N+]([O-])O.O=[N+]([O-])O.OCC(CO)(CO)COCC(CO)(CO)CO. The fourth-order valence-corrected chi connectivity index (χ4v) is 1.06. The molecule has 0 aromatic carbocycles. The van der Waals surface area contributed by atoms with Gasteiger partial charge in [-0.15, -0.1) is 60.7 Å². The van der Waals surface area contributed by atoms with Crippen LogP contribution in [0.15, 0.2) is 0 Å². The molecular weight excluding hydrogens is 604 g/mol. The highest BCUT2D eigenvalue weighted by atomic mass is 16.9. The fourth-order valence-electron chi connectivity index (χ4n) is 1.06. The second kappa shape index (κ2) is 34.9. The highest BCUT2D eigenvalue weighted by Gasteiger charge is 2.32. The van der Waals surface area contributed by atoms with Crippen LogP contribution < -0.4 is 0 Å². The maximum absolute atomic E-state index is 9.03. The molecule has 0 aliphatic rings. The van der Waals surface area contributed by atoms with Gasteiger partial charge in [0.1, 0.15) is 0 Å². The zero-order chi connectivity index (χ0) is 34.8. The molecule has 0 saturated carbocycles. The van der Waals surface area contributed by atoms with Crippen molar-refractivity contribution in [1.29, 1.82) is 0 Å². The van der Waals surface area contributed by atoms with Crippen LogP contribution >= 0.6 is 0 Å². The summed E-state index contributed by atoms with van der Waals surface area (Å²) in [6.45, 7) is -3.01. The number of hydrogen-bond donors (Lipinski definition) is 12. The lowest BCUT2D eigenvalue weighted by Crippen LogP contribution is -2.43. The normalized spacial score (nSPS) is 8.93. The van der Waals surface area contributed by atoms with Crippen molar-refractivity contribution in [3.05, 3.63) is 60.7 Å². The van der Waals surface area contributed by atoms with Gasteiger partial charge >= 0.3 is 0 Å². The van der Waals surface area contributed by atoms with Crippen molar-refractivity contribution < 1.29 is 97.1 Å². The van der Waals surface area contributed by atoms with E-state index in [2.05, 4.69) is 0 Å². The summed E-state index contributed by atoms with van der Waals surface area (Å²) < 4.78 is 5.15. The van der Waals surface area contributed by atoms with Crippen LogP contribution in [0.3, 0.4) is 0 Å². The highest BCUT2D eigenvalue weighted by molar-refractivity contribution is 4.80. The smallest absolute Gasteiger partial charge is 0.291 e. The molecule has 0 aromatic rings. The van der Waals surface area contributed by atoms with Gasteiger partial charge in [-0.05, 0) is 0 Å². The fraction of sp³-hybridized carbons (Fsp3) is 1.00. The summed E-state index contributed by atoms with van der Waals surface area (Å²) in [5, 5.41) is 136. The molecule has 41 heavy (non-hydrogen) atoms. The van der Waals surface area contributed by atoms with Crippen LogP contribution in [0.4, 0.5) is 0 Å². The van der Waals surface area contributed by atoms with Gasteiger partial charge < -0.3 is 66.6 Å². The van der Waals surface area contributed by atoms with Crippen LogP contribution in [0.1, 0.15) is 0 Å². The molecule has 0 aliphatic carbocycles. The quantitative estimate of drug-likeness (QED) is 0.0790. The minimum absolute atomic E-state index is 0.141. The minimum atomic E-state index is -1.50. The Bertz CT molecular complexity index is 530. The average Bonchev–Trinajstić information content (AvgIpc) is 2.78. The van der Waals surface area contributed by atoms with Gasteiger partial charge in [-0.3, -0.25) is 0 Å². The first-order chi connectivity index (χ1) is 18.5. The maximum atomic E-state index is 9.03. The first kappa shape index (κ1) is 52.4. The molecule has 0 atom stereocenters. The van der Waals surface area contributed by atoms with Gasteiger partial charge in [0.05, 0.1) is 63.7 Å². The molecule has 12 N–H and O–H groups in total. The van der Waals surface area contributed by atoms with Crippen LogP contribution in [0.5, 0.6) is 0 Å². The Morgan fingerprint density at radius 3 is 0.561 bits per heavy atom. The third kappa shape index (κ3) is 86.5. The molecule has 248 valence electrons. The third-order valence-corrected chi connectivity index (χ3v) is 2.83. The van der Waals surface area contributed by atoms with Gasteiger partial charge in [-0.2, -0.15) is 0 Å². The summed E-state index contributed by atoms with van der Waals surface area (Å²) in [7, 11) is 0. The molecule has 0 amide bonds. The molecule has 0 heterocycles. The molecule has 0 unspecified atom stereocenters. The maximum Gasteiger partial charge on any atom is 0.291 e. The Kier molecular flexibility index (Phi) is 44.6. The number of aliphatic hydroxyl groups excluding tert-OH is 6. The van der Waals surface area contributed by atoms with Gasteiger partial charge in [0.25, 0.3) is 30.5 Å². The van der Waals surface area contributed by atoms with E-state index < -0.39 is 81.0 Å². The van der Waals surface area contributed by atoms with Crippen molar-refractivity contribution in [3.63, 3.8) is 0 Å². The van der Waals surface area contributed by atoms with Gasteiger partial charge in [0.2, 0.25) is 0 Å². The lowest BCUT2D eigenvalue weighted by molar-refractivity contribution is -0.742. The predicted molar refractivity (Wildman–Crippen MR) is 111 cm³/mol. The van der Waals surface area contributed by atoms with E-state index in [0.29, 0.717) is 0 Å². The van der Waals surface area contributed by atoms with E-state index in [1.807, 2.05) is 0 Å². The standard InChI is InChI=1S/C10H22O7.6HNO3/c11-1-9(2-12,3-13)7-17-8-10(4-14,5-15)6-16;6*2-1(3)4/h11-16H,1-8H2;6*(H,2,3,4). The molecule has 31 heteroatoms. The third-order valence-electron chi connectivity index (χ3n) is 2.83. The summed E-state index contributed by atoms with van der Waals surface area (Å²) in [5.41, 5.74) is -2.32. The molecule has 0 rings (SSSR count). The van der Waals surface area contributed by atoms with Gasteiger partial charge in [0, 0.05) is 0 Å². The summed E-state index contributed by atoms with van der Waals surface area (Å²) in [4.78, 5) is 50.2. The lowest BCUT2D eigenvalue weighted by atomic mass is 9.91. The van der Waals surface area contributed by atoms with Crippen molar-refractivity contribution in [2.45, 2.75) is 0 Å². The molecule has 0 radical (unpaired) electrons. The van der Waals surface area contributed by atoms with Crippen LogP contribution in [-0.2, 0) is 4.74 Å². The molecule has 31 nitrogen and oxygen atoms in total. The van der Waals surface area contributed by atoms with Crippen molar-refractivity contribution in [3.8, 4) is 0 Å². The number of ether oxygens (including phenoxy) is 1. The van der Waals surface area contributed by atoms with E-state index in [1.54, 1.807) is 0 Å². The lowest BCUT2D eigenvalue weighted by Gasteiger charge is -2.31. The Balaban J connectivity index is -0.0000000784. The summed E-state index contributed by atoms with van der Waals surface area (Å²) in [6, 6.07) is 0. The van der Waals surface area contributed by atoms with Crippen LogP contribution in [0, 0.1) is 71.5 Å². The number of aliphatic hydroxyl groups is 6. The Morgan fingerprint density at radius 2 is 0.488 bits per heavy atom. The zero-order valence-electron chi connectivity index (χ0n) is 20.0. The summed E-state index contributed by atoms with van der Waals surface area (Å²) in [5.74, 6) is 0. The van der Waals surface area contributed by atoms with E-state index in [1.165, 1.54) is 0 Å². The van der Waals surface area contributed by atoms with Crippen molar-refractivity contribution in [2.75, 3.05) is 52.9 Å². The largest absolute Gasteiger partial charge is 0.396 e. The van der Waals surface area contributed by atoms with E-state index in [4.69, 9.17) is 127 Å². The number of nitrogens with zero attached hydrogens (tertiary/aromatic N) is 6. The van der Waals surface area contributed by atoms with E-state index in [0.717, 1.165) is 0 Å². The second-order valence-electron chi connectivity index (χ2n) is 5.87. The Labute approximate surface area is 222 Å². The zero-order valence-corrected chi connectivity index (χ0v) is 20.0. The van der Waals surface area contributed by atoms with Crippen LogP contribution in [-0.4, -0.2) is 145 Å². The minimum Gasteiger partial charge on any atom is -0.396 e. The second-order valence-corrected chi connectivity index (χ2v) is 5.87. The molecule has 0 aromatic heterocycles. The van der Waals surface area contributed by atoms with Crippen LogP contribution in [0.2, 0.25) is 0 Å². The van der Waals surface area contributed by atoms with E-state index >= 15 is 0 Å². The molecule has 0 spiro atoms. The van der Waals surface area contributed by atoms with Gasteiger partial charge in [-0.1, -0.05) is 0 Å². The predicted octanol–water partition coefficient (Wildman–Crippen LogP) is -5.16.